The highest BCUT2D eigenvalue weighted by Gasteiger charge is 2.03. The average Bonchev–Trinajstić information content (AvgIpc) is 2.44. The molecule has 3 nitrogen and oxygen atoms in total. The molecule has 4 heteroatoms. The van der Waals surface area contributed by atoms with Gasteiger partial charge >= 0.3 is 0 Å². The Kier molecular flexibility index (Phi) is 5.44. The second-order valence-electron chi connectivity index (χ2n) is 4.63. The van der Waals surface area contributed by atoms with Gasteiger partial charge in [0.25, 0.3) is 0 Å². The van der Waals surface area contributed by atoms with Crippen molar-refractivity contribution in [2.45, 2.75) is 13.0 Å². The van der Waals surface area contributed by atoms with Gasteiger partial charge in [-0.15, -0.1) is 0 Å². The minimum atomic E-state index is 0.804. The molecular formula is C16H19BrN2O. The Morgan fingerprint density at radius 3 is 2.80 bits per heavy atom. The molecule has 0 aliphatic carbocycles. The minimum absolute atomic E-state index is 0.804. The van der Waals surface area contributed by atoms with E-state index >= 15 is 0 Å². The molecule has 3 N–H and O–H groups in total. The monoisotopic (exact) mass is 334 g/mol. The van der Waals surface area contributed by atoms with Crippen LogP contribution < -0.4 is 15.8 Å². The van der Waals surface area contributed by atoms with Crippen molar-refractivity contribution in [3.05, 3.63) is 58.1 Å². The summed E-state index contributed by atoms with van der Waals surface area (Å²) in [4.78, 5) is 0. The van der Waals surface area contributed by atoms with E-state index in [4.69, 9.17) is 10.5 Å². The second-order valence-corrected chi connectivity index (χ2v) is 5.54. The summed E-state index contributed by atoms with van der Waals surface area (Å²) in [5.74, 6) is 0.930. The largest absolute Gasteiger partial charge is 0.496 e. The van der Waals surface area contributed by atoms with E-state index in [0.717, 1.165) is 35.4 Å². The summed E-state index contributed by atoms with van der Waals surface area (Å²) >= 11 is 3.49. The van der Waals surface area contributed by atoms with E-state index in [9.17, 15) is 0 Å². The first-order valence-electron chi connectivity index (χ1n) is 6.56. The van der Waals surface area contributed by atoms with Gasteiger partial charge in [-0.1, -0.05) is 28.1 Å². The number of rotatable bonds is 6. The number of anilines is 1. The fourth-order valence-electron chi connectivity index (χ4n) is 2.10. The van der Waals surface area contributed by atoms with Crippen molar-refractivity contribution in [3.63, 3.8) is 0 Å². The van der Waals surface area contributed by atoms with E-state index in [2.05, 4.69) is 33.4 Å². The summed E-state index contributed by atoms with van der Waals surface area (Å²) in [6.07, 6.45) is 0.922. The van der Waals surface area contributed by atoms with Crippen molar-refractivity contribution in [1.29, 1.82) is 0 Å². The number of nitrogen functional groups attached to an aromatic ring is 1. The van der Waals surface area contributed by atoms with Gasteiger partial charge in [0.2, 0.25) is 0 Å². The lowest BCUT2D eigenvalue weighted by Crippen LogP contribution is -2.17. The van der Waals surface area contributed by atoms with Crippen molar-refractivity contribution in [3.8, 4) is 5.75 Å². The lowest BCUT2D eigenvalue weighted by Gasteiger charge is -2.10. The molecule has 0 saturated carbocycles. The normalized spacial score (nSPS) is 10.5. The molecule has 2 aromatic carbocycles. The van der Waals surface area contributed by atoms with Gasteiger partial charge < -0.3 is 15.8 Å². The van der Waals surface area contributed by atoms with E-state index < -0.39 is 0 Å². The van der Waals surface area contributed by atoms with Gasteiger partial charge in [0.15, 0.2) is 0 Å². The third kappa shape index (κ3) is 4.25. The smallest absolute Gasteiger partial charge is 0.122 e. The number of benzene rings is 2. The molecule has 0 spiro atoms. The summed E-state index contributed by atoms with van der Waals surface area (Å²) < 4.78 is 6.44. The Hall–Kier alpha value is -1.52. The Labute approximate surface area is 128 Å². The maximum Gasteiger partial charge on any atom is 0.122 e. The van der Waals surface area contributed by atoms with Gasteiger partial charge in [-0.05, 0) is 54.4 Å². The molecular weight excluding hydrogens is 316 g/mol. The predicted molar refractivity (Wildman–Crippen MR) is 87.0 cm³/mol. The summed E-state index contributed by atoms with van der Waals surface area (Å²) in [5.41, 5.74) is 8.96. The number of hydrogen-bond acceptors (Lipinski definition) is 3. The molecule has 0 fully saturated rings. The summed E-state index contributed by atoms with van der Waals surface area (Å²) in [6.45, 7) is 1.71. The lowest BCUT2D eigenvalue weighted by molar-refractivity contribution is 0.409. The third-order valence-electron chi connectivity index (χ3n) is 3.09. The number of ether oxygens (including phenoxy) is 1. The standard InChI is InChI=1S/C16H19BrN2O/c1-20-16-6-5-14(17)10-13(16)7-8-19-11-12-3-2-4-15(18)9-12/h2-6,9-10,19H,7-8,11,18H2,1H3. The highest BCUT2D eigenvalue weighted by atomic mass is 79.9. The maximum atomic E-state index is 5.76. The van der Waals surface area contributed by atoms with Gasteiger partial charge in [0.1, 0.15) is 5.75 Å². The number of hydrogen-bond donors (Lipinski definition) is 2. The van der Waals surface area contributed by atoms with Crippen LogP contribution in [-0.2, 0) is 13.0 Å². The molecule has 0 aromatic heterocycles. The fraction of sp³-hybridized carbons (Fsp3) is 0.250. The molecule has 0 heterocycles. The molecule has 0 atom stereocenters. The van der Waals surface area contributed by atoms with Crippen molar-refractivity contribution in [2.75, 3.05) is 19.4 Å². The van der Waals surface area contributed by atoms with Gasteiger partial charge in [0.05, 0.1) is 7.11 Å². The van der Waals surface area contributed by atoms with Gasteiger partial charge in [-0.2, -0.15) is 0 Å². The quantitative estimate of drug-likeness (QED) is 0.629. The molecule has 106 valence electrons. The van der Waals surface area contributed by atoms with Crippen molar-refractivity contribution in [1.82, 2.24) is 5.32 Å². The van der Waals surface area contributed by atoms with Crippen LogP contribution >= 0.6 is 15.9 Å². The van der Waals surface area contributed by atoms with Crippen LogP contribution in [0.5, 0.6) is 5.75 Å². The first-order chi connectivity index (χ1) is 9.69. The van der Waals surface area contributed by atoms with Crippen molar-refractivity contribution in [2.24, 2.45) is 0 Å². The summed E-state index contributed by atoms with van der Waals surface area (Å²) in [6, 6.07) is 14.0. The van der Waals surface area contributed by atoms with Crippen LogP contribution in [0.1, 0.15) is 11.1 Å². The second kappa shape index (κ2) is 7.31. The zero-order valence-electron chi connectivity index (χ0n) is 11.5. The molecule has 2 aromatic rings. The SMILES string of the molecule is COc1ccc(Br)cc1CCNCc1cccc(N)c1. The zero-order valence-corrected chi connectivity index (χ0v) is 13.1. The first kappa shape index (κ1) is 14.9. The van der Waals surface area contributed by atoms with Crippen LogP contribution in [0.4, 0.5) is 5.69 Å². The number of halogens is 1. The molecule has 0 radical (unpaired) electrons. The van der Waals surface area contributed by atoms with Crippen LogP contribution in [0, 0.1) is 0 Å². The summed E-state index contributed by atoms with van der Waals surface area (Å²) in [7, 11) is 1.70. The first-order valence-corrected chi connectivity index (χ1v) is 7.36. The summed E-state index contributed by atoms with van der Waals surface area (Å²) in [5, 5.41) is 3.42. The van der Waals surface area contributed by atoms with Crippen LogP contribution in [0.25, 0.3) is 0 Å². The Balaban J connectivity index is 1.85. The van der Waals surface area contributed by atoms with Crippen LogP contribution in [-0.4, -0.2) is 13.7 Å². The Bertz CT molecular complexity index is 572. The van der Waals surface area contributed by atoms with Crippen LogP contribution in [0.3, 0.4) is 0 Å². The molecule has 0 aliphatic heterocycles. The lowest BCUT2D eigenvalue weighted by atomic mass is 10.1. The number of nitrogens with one attached hydrogen (secondary N) is 1. The Morgan fingerprint density at radius 1 is 1.20 bits per heavy atom. The van der Waals surface area contributed by atoms with Gasteiger partial charge in [-0.25, -0.2) is 0 Å². The highest BCUT2D eigenvalue weighted by Crippen LogP contribution is 2.23. The minimum Gasteiger partial charge on any atom is -0.496 e. The van der Waals surface area contributed by atoms with Gasteiger partial charge in [0, 0.05) is 16.7 Å². The maximum absolute atomic E-state index is 5.76. The predicted octanol–water partition coefficient (Wildman–Crippen LogP) is 3.37. The van der Waals surface area contributed by atoms with Crippen LogP contribution in [0.2, 0.25) is 0 Å². The highest BCUT2D eigenvalue weighted by molar-refractivity contribution is 9.10. The molecule has 20 heavy (non-hydrogen) atoms. The van der Waals surface area contributed by atoms with Crippen molar-refractivity contribution < 1.29 is 4.74 Å². The van der Waals surface area contributed by atoms with E-state index in [-0.39, 0.29) is 0 Å². The van der Waals surface area contributed by atoms with Gasteiger partial charge in [-0.3, -0.25) is 0 Å². The number of nitrogens with two attached hydrogens (primary N) is 1. The van der Waals surface area contributed by atoms with Crippen molar-refractivity contribution >= 4 is 21.6 Å². The number of methoxy groups -OCH3 is 1. The topological polar surface area (TPSA) is 47.3 Å². The average molecular weight is 335 g/mol. The molecule has 0 unspecified atom stereocenters. The van der Waals surface area contributed by atoms with E-state index in [1.165, 1.54) is 11.1 Å². The molecule has 0 aliphatic rings. The van der Waals surface area contributed by atoms with Crippen LogP contribution in [0.15, 0.2) is 46.9 Å². The molecule has 0 saturated heterocycles. The van der Waals surface area contributed by atoms with E-state index in [0.29, 0.717) is 0 Å². The zero-order chi connectivity index (χ0) is 14.4. The van der Waals surface area contributed by atoms with E-state index in [1.807, 2.05) is 30.3 Å². The third-order valence-corrected chi connectivity index (χ3v) is 3.59. The van der Waals surface area contributed by atoms with E-state index in [1.54, 1.807) is 7.11 Å². The Morgan fingerprint density at radius 2 is 2.05 bits per heavy atom. The molecule has 0 bridgehead atoms. The molecule has 2 rings (SSSR count). The molecule has 0 amide bonds. The fourth-order valence-corrected chi connectivity index (χ4v) is 2.51.